The van der Waals surface area contributed by atoms with E-state index in [9.17, 15) is 9.59 Å². The van der Waals surface area contributed by atoms with Crippen molar-refractivity contribution >= 4 is 28.9 Å². The van der Waals surface area contributed by atoms with E-state index in [1.807, 2.05) is 12.1 Å². The van der Waals surface area contributed by atoms with Crippen molar-refractivity contribution in [3.63, 3.8) is 0 Å². The molecule has 3 aromatic rings. The van der Waals surface area contributed by atoms with Crippen LogP contribution < -0.4 is 14.8 Å². The lowest BCUT2D eigenvalue weighted by molar-refractivity contribution is -0.123. The van der Waals surface area contributed by atoms with Crippen LogP contribution in [-0.2, 0) is 9.53 Å². The van der Waals surface area contributed by atoms with Gasteiger partial charge < -0.3 is 19.5 Å². The quantitative estimate of drug-likeness (QED) is 0.642. The van der Waals surface area contributed by atoms with Crippen LogP contribution in [0.3, 0.4) is 0 Å². The van der Waals surface area contributed by atoms with Gasteiger partial charge in [0.1, 0.15) is 9.88 Å². The molecule has 1 N–H and O–H groups in total. The van der Waals surface area contributed by atoms with Gasteiger partial charge in [0, 0.05) is 18.0 Å². The third-order valence-electron chi connectivity index (χ3n) is 4.16. The lowest BCUT2D eigenvalue weighted by Gasteiger charge is -2.13. The van der Waals surface area contributed by atoms with Gasteiger partial charge in [-0.15, -0.1) is 11.3 Å². The first kappa shape index (κ1) is 18.9. The van der Waals surface area contributed by atoms with Crippen LogP contribution in [0.25, 0.3) is 10.7 Å². The van der Waals surface area contributed by atoms with Crippen LogP contribution in [0.15, 0.2) is 42.6 Å². The van der Waals surface area contributed by atoms with E-state index in [4.69, 9.17) is 14.2 Å². The first-order valence-corrected chi connectivity index (χ1v) is 9.63. The Bertz CT molecular complexity index is 1070. The van der Waals surface area contributed by atoms with Crippen LogP contribution >= 0.6 is 11.3 Å². The molecule has 29 heavy (non-hydrogen) atoms. The number of nitrogens with one attached hydrogen (secondary N) is 1. The Hall–Kier alpha value is -3.46. The molecule has 9 heteroatoms. The van der Waals surface area contributed by atoms with Gasteiger partial charge in [0.05, 0.1) is 11.4 Å². The molecule has 0 saturated heterocycles. The predicted octanol–water partition coefficient (Wildman–Crippen LogP) is 3.43. The maximum absolute atomic E-state index is 12.5. The Morgan fingerprint density at radius 1 is 1.21 bits per heavy atom. The van der Waals surface area contributed by atoms with Gasteiger partial charge >= 0.3 is 5.97 Å². The highest BCUT2D eigenvalue weighted by Gasteiger charge is 2.24. The number of fused-ring (bicyclic) bond motifs is 1. The summed E-state index contributed by atoms with van der Waals surface area (Å²) in [5.74, 6) is 0.112. The van der Waals surface area contributed by atoms with E-state index in [1.165, 1.54) is 18.3 Å². The van der Waals surface area contributed by atoms with Gasteiger partial charge in [0.15, 0.2) is 17.6 Å². The van der Waals surface area contributed by atoms with Gasteiger partial charge in [-0.05, 0) is 38.1 Å². The van der Waals surface area contributed by atoms with Crippen molar-refractivity contribution in [2.45, 2.75) is 20.0 Å². The van der Waals surface area contributed by atoms with Gasteiger partial charge in [-0.3, -0.25) is 9.78 Å². The molecule has 0 aliphatic carbocycles. The second kappa shape index (κ2) is 7.88. The molecule has 1 amide bonds. The Kier molecular flexibility index (Phi) is 5.13. The average Bonchev–Trinajstić information content (AvgIpc) is 3.34. The van der Waals surface area contributed by atoms with Crippen LogP contribution in [-0.4, -0.2) is 34.7 Å². The Morgan fingerprint density at radius 3 is 2.83 bits per heavy atom. The number of aromatic nitrogens is 2. The van der Waals surface area contributed by atoms with Gasteiger partial charge in [-0.2, -0.15) is 0 Å². The number of hydrogen-bond acceptors (Lipinski definition) is 8. The number of esters is 1. The molecule has 0 saturated carbocycles. The lowest BCUT2D eigenvalue weighted by Crippen LogP contribution is -2.29. The summed E-state index contributed by atoms with van der Waals surface area (Å²) in [7, 11) is 0. The zero-order chi connectivity index (χ0) is 20.4. The summed E-state index contributed by atoms with van der Waals surface area (Å²) in [4.78, 5) is 33.9. The molecule has 1 atom stereocenters. The van der Waals surface area contributed by atoms with Gasteiger partial charge in [0.25, 0.3) is 5.91 Å². The van der Waals surface area contributed by atoms with Crippen LogP contribution in [0.1, 0.15) is 22.3 Å². The van der Waals surface area contributed by atoms with E-state index < -0.39 is 18.0 Å². The summed E-state index contributed by atoms with van der Waals surface area (Å²) in [5.41, 5.74) is 1.73. The molecule has 1 aliphatic rings. The van der Waals surface area contributed by atoms with Crippen molar-refractivity contribution in [3.8, 4) is 22.2 Å². The minimum Gasteiger partial charge on any atom is -0.454 e. The van der Waals surface area contributed by atoms with Crippen LogP contribution in [0, 0.1) is 6.92 Å². The van der Waals surface area contributed by atoms with Crippen LogP contribution in [0.5, 0.6) is 11.5 Å². The standard InChI is InChI=1S/C20H17N3O5S/c1-11-17(29-19(22-11)14-5-3-4-8-21-14)20(25)28-12(2)18(24)23-13-6-7-15-16(9-13)27-10-26-15/h3-9,12H,10H2,1-2H3,(H,23,24)/t12-/m1/s1. The van der Waals surface area contributed by atoms with Crippen molar-refractivity contribution in [3.05, 3.63) is 53.2 Å². The molecule has 2 aromatic heterocycles. The molecule has 0 unspecified atom stereocenters. The molecule has 0 radical (unpaired) electrons. The summed E-state index contributed by atoms with van der Waals surface area (Å²) in [6.45, 7) is 3.38. The maximum atomic E-state index is 12.5. The fourth-order valence-corrected chi connectivity index (χ4v) is 3.60. The Morgan fingerprint density at radius 2 is 2.03 bits per heavy atom. The number of aryl methyl sites for hydroxylation is 1. The second-order valence-corrected chi connectivity index (χ2v) is 7.25. The molecule has 8 nitrogen and oxygen atoms in total. The molecule has 0 fully saturated rings. The fraction of sp³-hybridized carbons (Fsp3) is 0.200. The van der Waals surface area contributed by atoms with E-state index in [-0.39, 0.29) is 6.79 Å². The fourth-order valence-electron chi connectivity index (χ4n) is 2.67. The van der Waals surface area contributed by atoms with Crippen LogP contribution in [0.4, 0.5) is 5.69 Å². The van der Waals surface area contributed by atoms with Crippen molar-refractivity contribution in [2.75, 3.05) is 12.1 Å². The second-order valence-electron chi connectivity index (χ2n) is 6.25. The van der Waals surface area contributed by atoms with E-state index in [0.717, 1.165) is 0 Å². The summed E-state index contributed by atoms with van der Waals surface area (Å²) in [6.07, 6.45) is 0.666. The van der Waals surface area contributed by atoms with Crippen LogP contribution in [0.2, 0.25) is 0 Å². The number of hydrogen-bond donors (Lipinski definition) is 1. The van der Waals surface area contributed by atoms with Crippen molar-refractivity contribution in [1.82, 2.24) is 9.97 Å². The molecule has 0 bridgehead atoms. The Labute approximate surface area is 170 Å². The number of nitrogens with zero attached hydrogens (tertiary/aromatic N) is 2. The highest BCUT2D eigenvalue weighted by molar-refractivity contribution is 7.17. The molecule has 1 aromatic carbocycles. The highest BCUT2D eigenvalue weighted by Crippen LogP contribution is 2.34. The zero-order valence-electron chi connectivity index (χ0n) is 15.7. The molecule has 148 valence electrons. The van der Waals surface area contributed by atoms with Gasteiger partial charge in [-0.1, -0.05) is 6.07 Å². The van der Waals surface area contributed by atoms with Crippen molar-refractivity contribution < 1.29 is 23.8 Å². The normalized spacial score (nSPS) is 13.0. The molecular weight excluding hydrogens is 394 g/mol. The molecule has 4 rings (SSSR count). The van der Waals surface area contributed by atoms with E-state index in [1.54, 1.807) is 37.4 Å². The monoisotopic (exact) mass is 411 g/mol. The number of rotatable bonds is 5. The minimum atomic E-state index is -0.993. The summed E-state index contributed by atoms with van der Waals surface area (Å²) in [5, 5.41) is 3.32. The molecular formula is C20H17N3O5S. The van der Waals surface area contributed by atoms with Crippen molar-refractivity contribution in [2.24, 2.45) is 0 Å². The van der Waals surface area contributed by atoms with E-state index in [2.05, 4.69) is 15.3 Å². The van der Waals surface area contributed by atoms with E-state index >= 15 is 0 Å². The molecule has 0 spiro atoms. The SMILES string of the molecule is Cc1nc(-c2ccccn2)sc1C(=O)O[C@H](C)C(=O)Nc1ccc2c(c1)OCO2. The molecule has 3 heterocycles. The van der Waals surface area contributed by atoms with Gasteiger partial charge in [-0.25, -0.2) is 9.78 Å². The summed E-state index contributed by atoms with van der Waals surface area (Å²) < 4.78 is 15.9. The summed E-state index contributed by atoms with van der Waals surface area (Å²) >= 11 is 1.18. The first-order valence-electron chi connectivity index (χ1n) is 8.81. The van der Waals surface area contributed by atoms with Gasteiger partial charge in [0.2, 0.25) is 6.79 Å². The predicted molar refractivity (Wildman–Crippen MR) is 106 cm³/mol. The number of anilines is 1. The highest BCUT2D eigenvalue weighted by atomic mass is 32.1. The number of carbonyl (C=O) groups is 2. The zero-order valence-corrected chi connectivity index (χ0v) is 16.5. The van der Waals surface area contributed by atoms with E-state index in [0.29, 0.717) is 38.5 Å². The van der Waals surface area contributed by atoms with Crippen molar-refractivity contribution in [1.29, 1.82) is 0 Å². The minimum absolute atomic E-state index is 0.148. The summed E-state index contributed by atoms with van der Waals surface area (Å²) in [6, 6.07) is 10.5. The number of amides is 1. The largest absolute Gasteiger partial charge is 0.454 e. The average molecular weight is 411 g/mol. The number of ether oxygens (including phenoxy) is 3. The smallest absolute Gasteiger partial charge is 0.351 e. The lowest BCUT2D eigenvalue weighted by atomic mass is 10.2. The number of benzene rings is 1. The first-order chi connectivity index (χ1) is 14.0. The number of pyridine rings is 1. The topological polar surface area (TPSA) is 99.6 Å². The third-order valence-corrected chi connectivity index (χ3v) is 5.32. The molecule has 1 aliphatic heterocycles. The number of carbonyl (C=O) groups excluding carboxylic acids is 2. The number of thiazole rings is 1. The Balaban J connectivity index is 1.41. The third kappa shape index (κ3) is 4.04. The maximum Gasteiger partial charge on any atom is 0.351 e.